The van der Waals surface area contributed by atoms with E-state index in [1.807, 2.05) is 49.4 Å². The summed E-state index contributed by atoms with van der Waals surface area (Å²) in [5.41, 5.74) is 2.09. The van der Waals surface area contributed by atoms with Crippen LogP contribution in [0.5, 0.6) is 17.2 Å². The first-order valence-corrected chi connectivity index (χ1v) is 10.4. The second-order valence-corrected chi connectivity index (χ2v) is 7.13. The van der Waals surface area contributed by atoms with Crippen LogP contribution >= 0.6 is 0 Å². The maximum atomic E-state index is 12.8. The minimum atomic E-state index is -0.793. The molecule has 162 valence electrons. The van der Waals surface area contributed by atoms with Crippen LogP contribution < -0.4 is 14.9 Å². The zero-order valence-electron chi connectivity index (χ0n) is 17.6. The van der Waals surface area contributed by atoms with E-state index in [0.717, 1.165) is 24.0 Å². The summed E-state index contributed by atoms with van der Waals surface area (Å²) in [5, 5.41) is 0.315. The van der Waals surface area contributed by atoms with E-state index >= 15 is 0 Å². The van der Waals surface area contributed by atoms with Crippen molar-refractivity contribution in [2.75, 3.05) is 6.61 Å². The molecule has 6 heteroatoms. The molecule has 0 spiro atoms. The topological polar surface area (TPSA) is 75.0 Å². The van der Waals surface area contributed by atoms with Gasteiger partial charge < -0.3 is 18.6 Å². The van der Waals surface area contributed by atoms with Gasteiger partial charge in [0.05, 0.1) is 12.0 Å². The van der Waals surface area contributed by atoms with Crippen molar-refractivity contribution in [3.05, 3.63) is 89.3 Å². The third-order valence-electron chi connectivity index (χ3n) is 4.82. The van der Waals surface area contributed by atoms with Crippen molar-refractivity contribution in [2.24, 2.45) is 0 Å². The Bertz CT molecular complexity index is 1260. The lowest BCUT2D eigenvalue weighted by Gasteiger charge is -2.08. The normalized spacial score (nSPS) is 10.7. The van der Waals surface area contributed by atoms with E-state index in [-0.39, 0.29) is 22.5 Å². The van der Waals surface area contributed by atoms with Crippen LogP contribution in [0.1, 0.15) is 19.8 Å². The molecule has 0 unspecified atom stereocenters. The summed E-state index contributed by atoms with van der Waals surface area (Å²) in [4.78, 5) is 24.5. The highest BCUT2D eigenvalue weighted by Crippen LogP contribution is 2.26. The third-order valence-corrected chi connectivity index (χ3v) is 4.82. The van der Waals surface area contributed by atoms with Crippen LogP contribution in [0.4, 0.5) is 4.79 Å². The fraction of sp³-hybridized carbons (Fsp3) is 0.154. The van der Waals surface area contributed by atoms with Gasteiger partial charge in [0.1, 0.15) is 23.3 Å². The molecule has 0 fully saturated rings. The lowest BCUT2D eigenvalue weighted by Crippen LogP contribution is -2.11. The molecule has 6 nitrogen and oxygen atoms in total. The van der Waals surface area contributed by atoms with Crippen molar-refractivity contribution in [1.29, 1.82) is 0 Å². The molecule has 0 aliphatic rings. The Labute approximate surface area is 185 Å². The number of fused-ring (bicyclic) bond motifs is 1. The molecule has 0 N–H and O–H groups in total. The van der Waals surface area contributed by atoms with Crippen LogP contribution in [0.15, 0.2) is 88.3 Å². The zero-order valence-corrected chi connectivity index (χ0v) is 17.6. The highest BCUT2D eigenvalue weighted by atomic mass is 16.7. The van der Waals surface area contributed by atoms with E-state index in [1.165, 1.54) is 24.5 Å². The van der Waals surface area contributed by atoms with Crippen molar-refractivity contribution < 1.29 is 23.4 Å². The monoisotopic (exact) mass is 430 g/mol. The minimum Gasteiger partial charge on any atom is -0.460 e. The third kappa shape index (κ3) is 4.98. The highest BCUT2D eigenvalue weighted by molar-refractivity contribution is 5.80. The quantitative estimate of drug-likeness (QED) is 0.188. The van der Waals surface area contributed by atoms with Crippen LogP contribution in [-0.4, -0.2) is 12.8 Å². The molecular weight excluding hydrogens is 408 g/mol. The van der Waals surface area contributed by atoms with Crippen molar-refractivity contribution >= 4 is 17.1 Å². The van der Waals surface area contributed by atoms with E-state index < -0.39 is 6.16 Å². The largest absolute Gasteiger partial charge is 0.513 e. The smallest absolute Gasteiger partial charge is 0.460 e. The molecule has 0 saturated heterocycles. The summed E-state index contributed by atoms with van der Waals surface area (Å²) in [6, 6.07) is 21.9. The number of unbranched alkanes of at least 4 members (excludes halogenated alkanes) is 1. The van der Waals surface area contributed by atoms with Crippen LogP contribution in [-0.2, 0) is 4.74 Å². The lowest BCUT2D eigenvalue weighted by atomic mass is 10.1. The summed E-state index contributed by atoms with van der Waals surface area (Å²) in [6.07, 6.45) is 2.13. The number of ether oxygens (including phenoxy) is 3. The SMILES string of the molecule is CCCCOC(=O)Oc1ccc2c(=O)c(Oc3ccc(-c4ccccc4)cc3)coc2c1. The molecule has 4 aromatic rings. The summed E-state index contributed by atoms with van der Waals surface area (Å²) in [7, 11) is 0. The summed E-state index contributed by atoms with van der Waals surface area (Å²) in [5.74, 6) is 0.816. The second-order valence-electron chi connectivity index (χ2n) is 7.13. The lowest BCUT2D eigenvalue weighted by molar-refractivity contribution is 0.0978. The minimum absolute atomic E-state index is 0.0672. The Morgan fingerprint density at radius 2 is 1.62 bits per heavy atom. The predicted molar refractivity (Wildman–Crippen MR) is 121 cm³/mol. The van der Waals surface area contributed by atoms with E-state index in [0.29, 0.717) is 17.7 Å². The number of hydrogen-bond donors (Lipinski definition) is 0. The average Bonchev–Trinajstić information content (AvgIpc) is 2.82. The summed E-state index contributed by atoms with van der Waals surface area (Å²) < 4.78 is 21.4. The van der Waals surface area contributed by atoms with Crippen LogP contribution in [0.25, 0.3) is 22.1 Å². The Hall–Kier alpha value is -4.06. The molecule has 0 saturated carbocycles. The molecule has 0 radical (unpaired) electrons. The first-order chi connectivity index (χ1) is 15.6. The second kappa shape index (κ2) is 9.83. The first-order valence-electron chi connectivity index (χ1n) is 10.4. The number of benzene rings is 3. The zero-order chi connectivity index (χ0) is 22.3. The molecule has 3 aromatic carbocycles. The molecule has 1 heterocycles. The Morgan fingerprint density at radius 3 is 2.38 bits per heavy atom. The summed E-state index contributed by atoms with van der Waals surface area (Å²) in [6.45, 7) is 2.29. The van der Waals surface area contributed by atoms with Crippen molar-refractivity contribution in [3.8, 4) is 28.4 Å². The van der Waals surface area contributed by atoms with Gasteiger partial charge in [-0.1, -0.05) is 55.8 Å². The van der Waals surface area contributed by atoms with Gasteiger partial charge in [0.2, 0.25) is 11.2 Å². The fourth-order valence-electron chi connectivity index (χ4n) is 3.12. The molecule has 1 aromatic heterocycles. The standard InChI is InChI=1S/C26H22O6/c1-2-3-15-29-26(28)32-21-13-14-22-23(16-21)30-17-24(25(22)27)31-20-11-9-19(10-12-20)18-7-5-4-6-8-18/h4-14,16-17H,2-3,15H2,1H3. The maximum absolute atomic E-state index is 12.8. The molecule has 0 aliphatic heterocycles. The van der Waals surface area contributed by atoms with Crippen LogP contribution in [0.3, 0.4) is 0 Å². The van der Waals surface area contributed by atoms with Crippen LogP contribution in [0, 0.1) is 0 Å². The first kappa shape index (κ1) is 21.2. The molecule has 0 atom stereocenters. The fourth-order valence-corrected chi connectivity index (χ4v) is 3.12. The van der Waals surface area contributed by atoms with Crippen molar-refractivity contribution in [3.63, 3.8) is 0 Å². The number of hydrogen-bond acceptors (Lipinski definition) is 6. The van der Waals surface area contributed by atoms with Gasteiger partial charge in [-0.2, -0.15) is 0 Å². The summed E-state index contributed by atoms with van der Waals surface area (Å²) >= 11 is 0. The molecule has 32 heavy (non-hydrogen) atoms. The van der Waals surface area contributed by atoms with Crippen LogP contribution in [0.2, 0.25) is 0 Å². The Kier molecular flexibility index (Phi) is 6.51. The highest BCUT2D eigenvalue weighted by Gasteiger charge is 2.12. The van der Waals surface area contributed by atoms with E-state index in [1.54, 1.807) is 12.1 Å². The number of rotatable bonds is 7. The van der Waals surface area contributed by atoms with Crippen molar-refractivity contribution in [2.45, 2.75) is 19.8 Å². The van der Waals surface area contributed by atoms with Gasteiger partial charge in [-0.05, 0) is 41.8 Å². The predicted octanol–water partition coefficient (Wildman–Crippen LogP) is 6.57. The molecule has 0 aliphatic carbocycles. The Balaban J connectivity index is 1.49. The number of carbonyl (C=O) groups excluding carboxylic acids is 1. The maximum Gasteiger partial charge on any atom is 0.513 e. The average molecular weight is 430 g/mol. The molecule has 0 bridgehead atoms. The van der Waals surface area contributed by atoms with Crippen molar-refractivity contribution in [1.82, 2.24) is 0 Å². The molecular formula is C26H22O6. The van der Waals surface area contributed by atoms with Gasteiger partial charge in [0.15, 0.2) is 0 Å². The van der Waals surface area contributed by atoms with Gasteiger partial charge in [0, 0.05) is 6.07 Å². The van der Waals surface area contributed by atoms with E-state index in [4.69, 9.17) is 18.6 Å². The van der Waals surface area contributed by atoms with E-state index in [9.17, 15) is 9.59 Å². The Morgan fingerprint density at radius 1 is 0.906 bits per heavy atom. The van der Waals surface area contributed by atoms with Gasteiger partial charge >= 0.3 is 6.16 Å². The van der Waals surface area contributed by atoms with Gasteiger partial charge in [-0.15, -0.1) is 0 Å². The van der Waals surface area contributed by atoms with E-state index in [2.05, 4.69) is 0 Å². The van der Waals surface area contributed by atoms with Gasteiger partial charge in [-0.3, -0.25) is 4.79 Å². The van der Waals surface area contributed by atoms with Gasteiger partial charge in [-0.25, -0.2) is 4.79 Å². The molecule has 0 amide bonds. The molecule has 4 rings (SSSR count). The van der Waals surface area contributed by atoms with Gasteiger partial charge in [0.25, 0.3) is 0 Å². The number of carbonyl (C=O) groups is 1.